The van der Waals surface area contributed by atoms with E-state index >= 15 is 0 Å². The molecule has 0 aliphatic rings. The lowest BCUT2D eigenvalue weighted by atomic mass is 10.2. The van der Waals surface area contributed by atoms with E-state index in [0.717, 1.165) is 0 Å². The Labute approximate surface area is 109 Å². The van der Waals surface area contributed by atoms with Gasteiger partial charge in [0.15, 0.2) is 0 Å². The van der Waals surface area contributed by atoms with E-state index in [-0.39, 0.29) is 7.11 Å². The Hall–Kier alpha value is -1.27. The summed E-state index contributed by atoms with van der Waals surface area (Å²) in [5.41, 5.74) is 0. The molecule has 0 aliphatic carbocycles. The SMILES string of the molecule is COC(=O)C(F)(F)C(F)(F)OC(F)(F)C(F)(F)C(C)(F)F. The molecule has 0 rings (SSSR count). The van der Waals surface area contributed by atoms with Crippen molar-refractivity contribution < 1.29 is 58.2 Å². The zero-order chi connectivity index (χ0) is 17.5. The van der Waals surface area contributed by atoms with Crippen LogP contribution in [0.15, 0.2) is 0 Å². The van der Waals surface area contributed by atoms with Gasteiger partial charge >= 0.3 is 36.0 Å². The van der Waals surface area contributed by atoms with E-state index in [2.05, 4.69) is 4.74 Å². The molecule has 0 saturated heterocycles. The number of methoxy groups -OCH3 is 1. The van der Waals surface area contributed by atoms with Gasteiger partial charge in [0, 0.05) is 6.92 Å². The van der Waals surface area contributed by atoms with Gasteiger partial charge in [0.25, 0.3) is 0 Å². The molecule has 0 unspecified atom stereocenters. The van der Waals surface area contributed by atoms with Crippen LogP contribution in [0.3, 0.4) is 0 Å². The van der Waals surface area contributed by atoms with Crippen LogP contribution in [-0.4, -0.2) is 43.1 Å². The van der Waals surface area contributed by atoms with Crippen molar-refractivity contribution in [2.24, 2.45) is 0 Å². The number of halogens is 10. The van der Waals surface area contributed by atoms with Crippen molar-refractivity contribution in [1.29, 1.82) is 0 Å². The lowest BCUT2D eigenvalue weighted by Crippen LogP contribution is -2.60. The Morgan fingerprint density at radius 3 is 1.48 bits per heavy atom. The first kappa shape index (κ1) is 19.7. The summed E-state index contributed by atoms with van der Waals surface area (Å²) in [5, 5.41) is 0. The largest absolute Gasteiger partial charge is 0.464 e. The Balaban J connectivity index is 5.58. The number of carbonyl (C=O) groups excluding carboxylic acids is 1. The van der Waals surface area contributed by atoms with E-state index in [9.17, 15) is 48.7 Å². The summed E-state index contributed by atoms with van der Waals surface area (Å²) in [6.07, 6.45) is -13.3. The van der Waals surface area contributed by atoms with E-state index in [0.29, 0.717) is 0 Å². The van der Waals surface area contributed by atoms with Crippen molar-refractivity contribution in [3.05, 3.63) is 0 Å². The predicted molar refractivity (Wildman–Crippen MR) is 43.5 cm³/mol. The second-order valence-corrected chi connectivity index (χ2v) is 3.66. The van der Waals surface area contributed by atoms with E-state index in [4.69, 9.17) is 0 Å². The molecule has 0 heterocycles. The minimum Gasteiger partial charge on any atom is -0.464 e. The summed E-state index contributed by atoms with van der Waals surface area (Å²) < 4.78 is 131. The highest BCUT2D eigenvalue weighted by Gasteiger charge is 2.77. The van der Waals surface area contributed by atoms with Crippen LogP contribution in [0.1, 0.15) is 6.92 Å². The topological polar surface area (TPSA) is 35.5 Å². The van der Waals surface area contributed by atoms with Crippen LogP contribution in [0, 0.1) is 0 Å². The summed E-state index contributed by atoms with van der Waals surface area (Å²) in [6.45, 7) is -0.777. The van der Waals surface area contributed by atoms with Gasteiger partial charge in [0.2, 0.25) is 0 Å². The van der Waals surface area contributed by atoms with Crippen molar-refractivity contribution >= 4 is 5.97 Å². The quantitative estimate of drug-likeness (QED) is 0.550. The summed E-state index contributed by atoms with van der Waals surface area (Å²) >= 11 is 0. The third-order valence-electron chi connectivity index (χ3n) is 1.98. The van der Waals surface area contributed by atoms with E-state index in [1.54, 1.807) is 0 Å². The monoisotopic (exact) mass is 340 g/mol. The first-order chi connectivity index (χ1) is 8.94. The van der Waals surface area contributed by atoms with Gasteiger partial charge in [-0.15, -0.1) is 0 Å². The second kappa shape index (κ2) is 5.18. The molecule has 3 nitrogen and oxygen atoms in total. The lowest BCUT2D eigenvalue weighted by Gasteiger charge is -2.33. The molecule has 0 aromatic carbocycles. The van der Waals surface area contributed by atoms with Crippen LogP contribution in [0.5, 0.6) is 0 Å². The lowest BCUT2D eigenvalue weighted by molar-refractivity contribution is -0.479. The van der Waals surface area contributed by atoms with Gasteiger partial charge in [-0.3, -0.25) is 0 Å². The van der Waals surface area contributed by atoms with Gasteiger partial charge in [-0.05, 0) is 0 Å². The molecule has 0 bridgehead atoms. The molecule has 0 aromatic heterocycles. The number of alkyl halides is 10. The van der Waals surface area contributed by atoms with Crippen LogP contribution >= 0.6 is 0 Å². The zero-order valence-electron chi connectivity index (χ0n) is 10.0. The Morgan fingerprint density at radius 1 is 0.810 bits per heavy atom. The molecule has 0 N–H and O–H groups in total. The fourth-order valence-electron chi connectivity index (χ4n) is 0.792. The van der Waals surface area contributed by atoms with Gasteiger partial charge < -0.3 is 4.74 Å². The first-order valence-corrected chi connectivity index (χ1v) is 4.61. The molecule has 21 heavy (non-hydrogen) atoms. The molecule has 0 fully saturated rings. The van der Waals surface area contributed by atoms with E-state index < -0.39 is 42.9 Å². The van der Waals surface area contributed by atoms with Crippen molar-refractivity contribution in [2.75, 3.05) is 7.11 Å². The number of hydrogen-bond donors (Lipinski definition) is 0. The van der Waals surface area contributed by atoms with Crippen LogP contribution in [0.4, 0.5) is 43.9 Å². The first-order valence-electron chi connectivity index (χ1n) is 4.61. The van der Waals surface area contributed by atoms with Crippen LogP contribution in [0.25, 0.3) is 0 Å². The number of rotatable bonds is 6. The molecular formula is C8H6F10O3. The highest BCUT2D eigenvalue weighted by Crippen LogP contribution is 2.50. The van der Waals surface area contributed by atoms with Crippen molar-refractivity contribution in [3.8, 4) is 0 Å². The smallest absolute Gasteiger partial charge is 0.435 e. The third kappa shape index (κ3) is 3.32. The summed E-state index contributed by atoms with van der Waals surface area (Å²) in [6, 6.07) is 0. The molecule has 0 saturated carbocycles. The molecule has 126 valence electrons. The minimum absolute atomic E-state index is 0.152. The fraction of sp³-hybridized carbons (Fsp3) is 0.875. The van der Waals surface area contributed by atoms with Crippen LogP contribution in [-0.2, 0) is 14.3 Å². The van der Waals surface area contributed by atoms with E-state index in [1.807, 2.05) is 4.74 Å². The maximum Gasteiger partial charge on any atom is 0.435 e. The molecule has 0 spiro atoms. The van der Waals surface area contributed by atoms with Crippen molar-refractivity contribution in [1.82, 2.24) is 0 Å². The van der Waals surface area contributed by atoms with Gasteiger partial charge in [0.05, 0.1) is 7.11 Å². The molecular weight excluding hydrogens is 334 g/mol. The average molecular weight is 340 g/mol. The molecule has 0 aromatic rings. The molecule has 0 radical (unpaired) electrons. The standard InChI is InChI=1S/C8H6F10O3/c1-4(9,10)6(13,14)8(17,18)21-7(15,16)5(11,12)3(19)20-2/h1-2H3. The van der Waals surface area contributed by atoms with Crippen LogP contribution < -0.4 is 0 Å². The van der Waals surface area contributed by atoms with Crippen molar-refractivity contribution in [3.63, 3.8) is 0 Å². The second-order valence-electron chi connectivity index (χ2n) is 3.66. The van der Waals surface area contributed by atoms with Gasteiger partial charge in [0.1, 0.15) is 0 Å². The summed E-state index contributed by atoms with van der Waals surface area (Å²) in [7, 11) is 0.152. The van der Waals surface area contributed by atoms with Crippen LogP contribution in [0.2, 0.25) is 0 Å². The Kier molecular flexibility index (Phi) is 4.86. The number of carbonyl (C=O) groups is 1. The van der Waals surface area contributed by atoms with Gasteiger partial charge in [-0.2, -0.15) is 43.9 Å². The summed E-state index contributed by atoms with van der Waals surface area (Å²) in [4.78, 5) is 10.3. The van der Waals surface area contributed by atoms with Gasteiger partial charge in [-0.25, -0.2) is 9.53 Å². The average Bonchev–Trinajstić information content (AvgIpc) is 2.24. The highest BCUT2D eigenvalue weighted by molar-refractivity contribution is 5.78. The maximum atomic E-state index is 12.7. The molecule has 0 amide bonds. The van der Waals surface area contributed by atoms with Gasteiger partial charge in [-0.1, -0.05) is 0 Å². The molecule has 13 heteroatoms. The summed E-state index contributed by atoms with van der Waals surface area (Å²) in [5.74, 6) is -21.4. The Bertz CT molecular complexity index is 400. The molecule has 0 atom stereocenters. The maximum absolute atomic E-state index is 12.7. The number of hydrogen-bond acceptors (Lipinski definition) is 3. The number of esters is 1. The van der Waals surface area contributed by atoms with E-state index in [1.165, 1.54) is 0 Å². The normalized spacial score (nSPS) is 15.0. The zero-order valence-corrected chi connectivity index (χ0v) is 10.0. The fourth-order valence-corrected chi connectivity index (χ4v) is 0.792. The number of ether oxygens (including phenoxy) is 2. The molecule has 0 aliphatic heterocycles. The minimum atomic E-state index is -6.72. The predicted octanol–water partition coefficient (Wildman–Crippen LogP) is 3.29. The highest BCUT2D eigenvalue weighted by atomic mass is 19.4. The third-order valence-corrected chi connectivity index (χ3v) is 1.98. The van der Waals surface area contributed by atoms with Crippen molar-refractivity contribution in [2.45, 2.75) is 36.9 Å². The Morgan fingerprint density at radius 2 is 1.19 bits per heavy atom.